The van der Waals surface area contributed by atoms with Crippen molar-refractivity contribution < 1.29 is 0 Å². The zero-order valence-corrected chi connectivity index (χ0v) is 11.6. The number of anilines is 3. The van der Waals surface area contributed by atoms with Gasteiger partial charge in [-0.3, -0.25) is 4.98 Å². The predicted molar refractivity (Wildman–Crippen MR) is 82.1 cm³/mol. The molecule has 0 spiro atoms. The SMILES string of the molecule is CCCNc1cncc(Nc2ccc(CC#N)cc2)c1. The van der Waals surface area contributed by atoms with Gasteiger partial charge in [-0.1, -0.05) is 19.1 Å². The van der Waals surface area contributed by atoms with E-state index in [1.807, 2.05) is 36.5 Å². The molecule has 0 unspecified atom stereocenters. The highest BCUT2D eigenvalue weighted by atomic mass is 14.9. The van der Waals surface area contributed by atoms with Crippen LogP contribution in [-0.2, 0) is 6.42 Å². The van der Waals surface area contributed by atoms with E-state index in [1.165, 1.54) is 0 Å². The van der Waals surface area contributed by atoms with E-state index < -0.39 is 0 Å². The van der Waals surface area contributed by atoms with Gasteiger partial charge in [0.15, 0.2) is 0 Å². The Morgan fingerprint density at radius 2 is 1.85 bits per heavy atom. The summed E-state index contributed by atoms with van der Waals surface area (Å²) in [5.41, 5.74) is 3.97. The Morgan fingerprint density at radius 3 is 2.55 bits per heavy atom. The van der Waals surface area contributed by atoms with Crippen LogP contribution in [0.4, 0.5) is 17.1 Å². The molecule has 4 heteroatoms. The summed E-state index contributed by atoms with van der Waals surface area (Å²) in [4.78, 5) is 4.21. The predicted octanol–water partition coefficient (Wildman–Crippen LogP) is 3.71. The third-order valence-corrected chi connectivity index (χ3v) is 2.84. The van der Waals surface area contributed by atoms with Crippen molar-refractivity contribution in [2.45, 2.75) is 19.8 Å². The topological polar surface area (TPSA) is 60.7 Å². The first-order valence-corrected chi connectivity index (χ1v) is 6.73. The zero-order valence-electron chi connectivity index (χ0n) is 11.6. The Balaban J connectivity index is 2.03. The maximum atomic E-state index is 8.64. The lowest BCUT2D eigenvalue weighted by Crippen LogP contribution is -2.01. The minimum Gasteiger partial charge on any atom is -0.384 e. The Kier molecular flexibility index (Phi) is 4.96. The number of benzene rings is 1. The quantitative estimate of drug-likeness (QED) is 0.836. The molecule has 0 aliphatic heterocycles. The molecular weight excluding hydrogens is 248 g/mol. The second-order valence-electron chi connectivity index (χ2n) is 4.55. The van der Waals surface area contributed by atoms with E-state index in [4.69, 9.17) is 5.26 Å². The second-order valence-corrected chi connectivity index (χ2v) is 4.55. The van der Waals surface area contributed by atoms with Gasteiger partial charge in [0.2, 0.25) is 0 Å². The highest BCUT2D eigenvalue weighted by Crippen LogP contribution is 2.19. The first-order chi connectivity index (χ1) is 9.81. The maximum absolute atomic E-state index is 8.64. The molecule has 0 fully saturated rings. The third-order valence-electron chi connectivity index (χ3n) is 2.84. The average molecular weight is 266 g/mol. The summed E-state index contributed by atoms with van der Waals surface area (Å²) >= 11 is 0. The normalized spacial score (nSPS) is 9.80. The molecule has 2 rings (SSSR count). The standard InChI is InChI=1S/C16H18N4/c1-2-9-19-15-10-16(12-18-11-15)20-14-5-3-13(4-6-14)7-8-17/h3-6,10-12,19-20H,2,7,9H2,1H3. The summed E-state index contributed by atoms with van der Waals surface area (Å²) in [5, 5.41) is 15.3. The van der Waals surface area contributed by atoms with E-state index in [0.717, 1.165) is 35.6 Å². The molecule has 102 valence electrons. The molecule has 0 aliphatic rings. The van der Waals surface area contributed by atoms with Gasteiger partial charge >= 0.3 is 0 Å². The van der Waals surface area contributed by atoms with Gasteiger partial charge in [-0.05, 0) is 30.2 Å². The van der Waals surface area contributed by atoms with E-state index in [1.54, 1.807) is 6.20 Å². The molecule has 4 nitrogen and oxygen atoms in total. The van der Waals surface area contributed by atoms with Crippen LogP contribution < -0.4 is 10.6 Å². The van der Waals surface area contributed by atoms with Crippen LogP contribution in [0.15, 0.2) is 42.7 Å². The van der Waals surface area contributed by atoms with Crippen LogP contribution in [0.25, 0.3) is 0 Å². The lowest BCUT2D eigenvalue weighted by Gasteiger charge is -2.09. The molecule has 0 saturated heterocycles. The maximum Gasteiger partial charge on any atom is 0.0669 e. The van der Waals surface area contributed by atoms with E-state index in [-0.39, 0.29) is 0 Å². The van der Waals surface area contributed by atoms with Crippen LogP contribution in [-0.4, -0.2) is 11.5 Å². The van der Waals surface area contributed by atoms with Gasteiger partial charge in [0.05, 0.1) is 36.3 Å². The molecular formula is C16H18N4. The number of nitriles is 1. The van der Waals surface area contributed by atoms with Gasteiger partial charge < -0.3 is 10.6 Å². The van der Waals surface area contributed by atoms with Crippen LogP contribution in [0, 0.1) is 11.3 Å². The van der Waals surface area contributed by atoms with Crippen molar-refractivity contribution in [2.75, 3.05) is 17.2 Å². The summed E-state index contributed by atoms with van der Waals surface area (Å²) in [5.74, 6) is 0. The molecule has 2 N–H and O–H groups in total. The van der Waals surface area contributed by atoms with Crippen molar-refractivity contribution in [3.8, 4) is 6.07 Å². The molecule has 2 aromatic rings. The summed E-state index contributed by atoms with van der Waals surface area (Å²) < 4.78 is 0. The molecule has 1 aromatic carbocycles. The van der Waals surface area contributed by atoms with Crippen molar-refractivity contribution in [2.24, 2.45) is 0 Å². The molecule has 0 atom stereocenters. The smallest absolute Gasteiger partial charge is 0.0669 e. The Labute approximate surface area is 119 Å². The third kappa shape index (κ3) is 3.99. The number of aromatic nitrogens is 1. The van der Waals surface area contributed by atoms with E-state index >= 15 is 0 Å². The number of pyridine rings is 1. The fourth-order valence-electron chi connectivity index (χ4n) is 1.84. The lowest BCUT2D eigenvalue weighted by atomic mass is 10.1. The highest BCUT2D eigenvalue weighted by Gasteiger charge is 1.98. The van der Waals surface area contributed by atoms with Crippen molar-refractivity contribution in [1.29, 1.82) is 5.26 Å². The number of rotatable bonds is 6. The summed E-state index contributed by atoms with van der Waals surface area (Å²) in [6, 6.07) is 12.0. The van der Waals surface area contributed by atoms with Crippen LogP contribution in [0.1, 0.15) is 18.9 Å². The first-order valence-electron chi connectivity index (χ1n) is 6.73. The molecule has 20 heavy (non-hydrogen) atoms. The Hall–Kier alpha value is -2.54. The average Bonchev–Trinajstić information content (AvgIpc) is 2.48. The monoisotopic (exact) mass is 266 g/mol. The van der Waals surface area contributed by atoms with Crippen LogP contribution in [0.5, 0.6) is 0 Å². The minimum atomic E-state index is 0.443. The van der Waals surface area contributed by atoms with Gasteiger partial charge in [-0.15, -0.1) is 0 Å². The van der Waals surface area contributed by atoms with E-state index in [9.17, 15) is 0 Å². The number of hydrogen-bond donors (Lipinski definition) is 2. The fraction of sp³-hybridized carbons (Fsp3) is 0.250. The van der Waals surface area contributed by atoms with Gasteiger partial charge in [-0.25, -0.2) is 0 Å². The van der Waals surface area contributed by atoms with Crippen molar-refractivity contribution >= 4 is 17.1 Å². The van der Waals surface area contributed by atoms with Gasteiger partial charge in [-0.2, -0.15) is 5.26 Å². The number of hydrogen-bond acceptors (Lipinski definition) is 4. The fourth-order valence-corrected chi connectivity index (χ4v) is 1.84. The lowest BCUT2D eigenvalue weighted by molar-refractivity contribution is 0.978. The number of nitrogens with one attached hydrogen (secondary N) is 2. The molecule has 1 aromatic heterocycles. The van der Waals surface area contributed by atoms with E-state index in [2.05, 4.69) is 28.6 Å². The minimum absolute atomic E-state index is 0.443. The van der Waals surface area contributed by atoms with Crippen molar-refractivity contribution in [1.82, 2.24) is 4.98 Å². The highest BCUT2D eigenvalue weighted by molar-refractivity contribution is 5.63. The molecule has 0 radical (unpaired) electrons. The molecule has 0 bridgehead atoms. The van der Waals surface area contributed by atoms with Crippen LogP contribution in [0.2, 0.25) is 0 Å². The summed E-state index contributed by atoms with van der Waals surface area (Å²) in [7, 11) is 0. The molecule has 1 heterocycles. The van der Waals surface area contributed by atoms with Gasteiger partial charge in [0.25, 0.3) is 0 Å². The first kappa shape index (κ1) is 13.9. The number of nitrogens with zero attached hydrogens (tertiary/aromatic N) is 2. The Bertz CT molecular complexity index is 584. The van der Waals surface area contributed by atoms with Gasteiger partial charge in [0.1, 0.15) is 0 Å². The van der Waals surface area contributed by atoms with Crippen molar-refractivity contribution in [3.63, 3.8) is 0 Å². The van der Waals surface area contributed by atoms with Gasteiger partial charge in [0, 0.05) is 12.2 Å². The largest absolute Gasteiger partial charge is 0.384 e. The van der Waals surface area contributed by atoms with E-state index in [0.29, 0.717) is 6.42 Å². The van der Waals surface area contributed by atoms with Crippen LogP contribution in [0.3, 0.4) is 0 Å². The Morgan fingerprint density at radius 1 is 1.10 bits per heavy atom. The molecule has 0 amide bonds. The summed E-state index contributed by atoms with van der Waals surface area (Å²) in [6.07, 6.45) is 5.13. The molecule has 0 aliphatic carbocycles. The van der Waals surface area contributed by atoms with Crippen molar-refractivity contribution in [3.05, 3.63) is 48.3 Å². The summed E-state index contributed by atoms with van der Waals surface area (Å²) in [6.45, 7) is 3.07. The molecule has 0 saturated carbocycles. The zero-order chi connectivity index (χ0) is 14.2. The second kappa shape index (κ2) is 7.15. The van der Waals surface area contributed by atoms with Crippen LogP contribution >= 0.6 is 0 Å².